The van der Waals surface area contributed by atoms with Gasteiger partial charge in [-0.25, -0.2) is 0 Å². The minimum absolute atomic E-state index is 0.00581. The van der Waals surface area contributed by atoms with Crippen LogP contribution in [0.3, 0.4) is 0 Å². The highest BCUT2D eigenvalue weighted by molar-refractivity contribution is 5.91. The normalized spacial score (nSPS) is 54.0. The molecule has 0 aromatic carbocycles. The number of Topliss-reactive ketones (excluding diaryl/α,β-unsaturated/α-hetero) is 4. The number of aliphatic hydroxyl groups is 2. The highest BCUT2D eigenvalue weighted by Gasteiger charge is 2.68. The summed E-state index contributed by atoms with van der Waals surface area (Å²) in [4.78, 5) is 60.2. The molecule has 448 valence electrons. The number of ether oxygens (including phenoxy) is 1. The maximum Gasteiger partial charge on any atom is 0.155 e. The Hall–Kier alpha value is -2.03. The SMILES string of the molecule is C[C@]12C[C@H]3CCC4=CC(=O)CC[C@H]4[C@@H]3C[C@@H]1CCC2=O.C[C@]12C[C@H]3CC[C@H]4CC(=O)CC[C@H]4[C@@H]3C[C@@H]1CCC2=O.C[C@]12C[C@H]3CC[C@H]4C[C@@H](O)CC[C@H]4[C@@H]3C[C@@H]1CCC2=O.C[C@]12C[C@H]3CC[C@H]4C[C@@H](O)CC[C@H]4[C@@H]3C[C@@H]1CC[C@@]21CO1. The molecule has 0 aromatic rings. The van der Waals surface area contributed by atoms with Crippen LogP contribution in [0.4, 0.5) is 0 Å². The van der Waals surface area contributed by atoms with Gasteiger partial charge in [-0.15, -0.1) is 0 Å². The number of aliphatic hydroxyl groups excluding tert-OH is 2. The lowest BCUT2D eigenvalue weighted by Crippen LogP contribution is -2.49. The van der Waals surface area contributed by atoms with Crippen molar-refractivity contribution in [2.75, 3.05) is 6.61 Å². The Bertz CT molecular complexity index is 2490. The van der Waals surface area contributed by atoms with Gasteiger partial charge >= 0.3 is 0 Å². The molecule has 81 heavy (non-hydrogen) atoms. The maximum atomic E-state index is 12.3. The smallest absolute Gasteiger partial charge is 0.155 e. The third kappa shape index (κ3) is 9.74. The lowest BCUT2D eigenvalue weighted by molar-refractivity contribution is -0.134. The molecule has 16 fully saturated rings. The fourth-order valence-corrected chi connectivity index (χ4v) is 25.8. The fraction of sp³-hybridized carbons (Fsp3) is 0.904. The lowest BCUT2D eigenvalue weighted by Gasteiger charge is -2.55. The third-order valence-corrected chi connectivity index (χ3v) is 30.6. The predicted molar refractivity (Wildman–Crippen MR) is 314 cm³/mol. The van der Waals surface area contributed by atoms with Crippen molar-refractivity contribution in [1.29, 1.82) is 0 Å². The van der Waals surface area contributed by atoms with Gasteiger partial charge in [-0.2, -0.15) is 0 Å². The molecule has 8 nitrogen and oxygen atoms in total. The maximum absolute atomic E-state index is 12.3. The Morgan fingerprint density at radius 3 is 1.40 bits per heavy atom. The summed E-state index contributed by atoms with van der Waals surface area (Å²) in [5, 5.41) is 19.9. The highest BCUT2D eigenvalue weighted by atomic mass is 16.6. The van der Waals surface area contributed by atoms with E-state index in [1.807, 2.05) is 6.08 Å². The summed E-state index contributed by atoms with van der Waals surface area (Å²) in [7, 11) is 0. The van der Waals surface area contributed by atoms with E-state index < -0.39 is 0 Å². The summed E-state index contributed by atoms with van der Waals surface area (Å²) in [6, 6.07) is 0. The average Bonchev–Trinajstić information content (AvgIpc) is 2.58. The van der Waals surface area contributed by atoms with Crippen molar-refractivity contribution in [3.05, 3.63) is 11.6 Å². The predicted octanol–water partition coefficient (Wildman–Crippen LogP) is 14.8. The van der Waals surface area contributed by atoms with Crippen LogP contribution >= 0.6 is 0 Å². The van der Waals surface area contributed by atoms with E-state index in [0.717, 1.165) is 205 Å². The molecule has 17 rings (SSSR count). The topological polar surface area (TPSA) is 138 Å². The Labute approximate surface area is 488 Å². The van der Waals surface area contributed by atoms with Gasteiger partial charge in [0.25, 0.3) is 0 Å². The van der Waals surface area contributed by atoms with Crippen LogP contribution in [0.1, 0.15) is 252 Å². The molecule has 0 bridgehead atoms. The second-order valence-corrected chi connectivity index (χ2v) is 33.7. The zero-order chi connectivity index (χ0) is 56.0. The monoisotopic (exact) mass is 1110 g/mol. The number of hydrogen-bond donors (Lipinski definition) is 2. The van der Waals surface area contributed by atoms with Crippen LogP contribution in [0.2, 0.25) is 0 Å². The fourth-order valence-electron chi connectivity index (χ4n) is 25.8. The summed E-state index contributed by atoms with van der Waals surface area (Å²) in [6.07, 6.45) is 42.4. The second kappa shape index (κ2) is 21.4. The van der Waals surface area contributed by atoms with Crippen LogP contribution < -0.4 is 0 Å². The van der Waals surface area contributed by atoms with Gasteiger partial charge in [-0.1, -0.05) is 33.3 Å². The zero-order valence-electron chi connectivity index (χ0n) is 51.0. The molecule has 0 aromatic heterocycles. The van der Waals surface area contributed by atoms with Crippen molar-refractivity contribution in [1.82, 2.24) is 0 Å². The Kier molecular flexibility index (Phi) is 15.0. The molecule has 1 spiro atoms. The zero-order valence-corrected chi connectivity index (χ0v) is 51.0. The molecule has 0 radical (unpaired) electrons. The summed E-state index contributed by atoms with van der Waals surface area (Å²) < 4.78 is 6.00. The van der Waals surface area contributed by atoms with Crippen LogP contribution in [0.5, 0.6) is 0 Å². The highest BCUT2D eigenvalue weighted by Crippen LogP contribution is 2.69. The molecule has 16 aliphatic carbocycles. The number of carbonyl (C=O) groups excluding carboxylic acids is 5. The summed E-state index contributed by atoms with van der Waals surface area (Å²) in [5.74, 6) is 17.6. The van der Waals surface area contributed by atoms with Crippen molar-refractivity contribution < 1.29 is 38.9 Å². The number of fused-ring (bicyclic) bond motifs is 17. The molecular weight excluding hydrogens is 1000 g/mol. The number of hydrogen-bond acceptors (Lipinski definition) is 8. The van der Waals surface area contributed by atoms with Gasteiger partial charge in [0, 0.05) is 60.2 Å². The van der Waals surface area contributed by atoms with Gasteiger partial charge in [0.05, 0.1) is 24.4 Å². The lowest BCUT2D eigenvalue weighted by atomic mass is 9.50. The summed E-state index contributed by atoms with van der Waals surface area (Å²) in [5.41, 5.74) is 2.28. The van der Waals surface area contributed by atoms with Gasteiger partial charge in [0.15, 0.2) is 5.78 Å². The first kappa shape index (κ1) is 56.8. The van der Waals surface area contributed by atoms with E-state index in [0.29, 0.717) is 69.5 Å². The van der Waals surface area contributed by atoms with Gasteiger partial charge in [0.2, 0.25) is 0 Å². The standard InChI is InChI=1S/C19H30O2.C18H28O2.C18H26O2.C18H24O2/c1-18-10-13-3-2-12-8-15(20)4-5-16(12)17(13)9-14(18)6-7-19(18)11-21-19;3*1-18-10-12-3-2-11-8-14(19)5-6-15(11)16(12)9-13(18)4-7-17(18)20/h12-17,20H,2-11H2,1H3;11-16,19H,2-10H2,1H3;11-13,15-16H,2-10H2,1H3;8,12-13,15-16H,2-7,9-10H2,1H3/t12-,13+,14-,15-,16+,17+,18-,19+;11-,12+,13-,14-,15+,16+,18-;11-,12+,13-,15+,16+,18-;12-,13+,15-,16-,18+/m0001/s1. The van der Waals surface area contributed by atoms with E-state index in [9.17, 15) is 34.2 Å². The van der Waals surface area contributed by atoms with Crippen LogP contribution in [-0.4, -0.2) is 63.5 Å². The third-order valence-electron chi connectivity index (χ3n) is 30.6. The number of carbonyl (C=O) groups is 5. The van der Waals surface area contributed by atoms with Gasteiger partial charge < -0.3 is 14.9 Å². The van der Waals surface area contributed by atoms with E-state index in [4.69, 9.17) is 4.74 Å². The van der Waals surface area contributed by atoms with E-state index in [2.05, 4.69) is 27.7 Å². The van der Waals surface area contributed by atoms with E-state index in [-0.39, 0.29) is 28.5 Å². The Morgan fingerprint density at radius 2 is 0.864 bits per heavy atom. The van der Waals surface area contributed by atoms with Crippen molar-refractivity contribution in [2.45, 2.75) is 270 Å². The van der Waals surface area contributed by atoms with Crippen LogP contribution in [-0.2, 0) is 28.7 Å². The molecule has 0 unspecified atom stereocenters. The molecular formula is C73H108O8. The van der Waals surface area contributed by atoms with E-state index >= 15 is 0 Å². The first-order valence-electron chi connectivity index (χ1n) is 35.2. The molecule has 1 aliphatic heterocycles. The van der Waals surface area contributed by atoms with Gasteiger partial charge in [-0.3, -0.25) is 24.0 Å². The first-order chi connectivity index (χ1) is 38.8. The van der Waals surface area contributed by atoms with Crippen LogP contribution in [0.15, 0.2) is 11.6 Å². The van der Waals surface area contributed by atoms with E-state index in [1.165, 1.54) is 115 Å². The number of epoxide rings is 1. The van der Waals surface area contributed by atoms with Crippen molar-refractivity contribution >= 4 is 28.9 Å². The molecule has 1 heterocycles. The van der Waals surface area contributed by atoms with Gasteiger partial charge in [0.1, 0.15) is 23.1 Å². The number of allylic oxidation sites excluding steroid dienone is 2. The first-order valence-corrected chi connectivity index (χ1v) is 35.2. The van der Waals surface area contributed by atoms with E-state index in [1.54, 1.807) is 0 Å². The Balaban J connectivity index is 0.0000000970. The molecule has 8 heteroatoms. The largest absolute Gasteiger partial charge is 0.393 e. The molecule has 0 amide bonds. The summed E-state index contributed by atoms with van der Waals surface area (Å²) in [6.45, 7) is 10.4. The minimum Gasteiger partial charge on any atom is -0.393 e. The quantitative estimate of drug-likeness (QED) is 0.229. The second-order valence-electron chi connectivity index (χ2n) is 33.7. The van der Waals surface area contributed by atoms with Crippen molar-refractivity contribution in [2.24, 2.45) is 134 Å². The molecule has 2 N–H and O–H groups in total. The van der Waals surface area contributed by atoms with Crippen LogP contribution in [0.25, 0.3) is 0 Å². The van der Waals surface area contributed by atoms with Crippen molar-refractivity contribution in [3.8, 4) is 0 Å². The van der Waals surface area contributed by atoms with Crippen LogP contribution in [0, 0.1) is 134 Å². The van der Waals surface area contributed by atoms with Crippen molar-refractivity contribution in [3.63, 3.8) is 0 Å². The number of rotatable bonds is 0. The molecule has 17 aliphatic rings. The van der Waals surface area contributed by atoms with Gasteiger partial charge in [-0.05, 0) is 305 Å². The Morgan fingerprint density at radius 1 is 0.407 bits per heavy atom. The number of ketones is 5. The molecule has 15 saturated carbocycles. The summed E-state index contributed by atoms with van der Waals surface area (Å²) >= 11 is 0. The minimum atomic E-state index is -0.0327. The molecule has 1 saturated heterocycles. The molecule has 26 atom stereocenters. The average molecular weight is 1110 g/mol.